The molecular weight excluding hydrogens is 1410 g/mol. The van der Waals surface area contributed by atoms with Crippen LogP contribution in [0.5, 0.6) is 0 Å². The summed E-state index contributed by atoms with van der Waals surface area (Å²) in [5.41, 5.74) is 14.5. The van der Waals surface area contributed by atoms with Crippen LogP contribution in [0.25, 0.3) is 32.8 Å². The summed E-state index contributed by atoms with van der Waals surface area (Å²) >= 11 is 60.0. The maximum absolute atomic E-state index is 6.98. The standard InChI is InChI=1S/C44H40B4N4O8S2.C10H8.4CHCl3/c1-41(2)21-13-18-22-14-17(21)33-37(41)57-45(53-33)25-9-10-26(30-29(25)49-61-50-30)47-55-35-19-15-24-20(16-23(19)43(5,6)39(35)59-47)36-40(44(24,7)8)60-48(56-36)28-12-11-27(31-32(28)52-62-51-31)46-54-34(18)38(58-46)42(22,3)4;1-2-6-10-8-4-3-7-9(10)5-1;4*2-1(3)4/h9-16,33-40H,1-8H3;1-8H;4*1H/t33-,34-,35+,36+,37-,38-,39+,40+;;;;;. The number of rotatable bonds is 0. The number of nitrogens with zero attached hydrogens (tertiary/aromatic N) is 4. The van der Waals surface area contributed by atoms with E-state index in [1.54, 1.807) is 0 Å². The Kier molecular flexibility index (Phi) is 19.4. The summed E-state index contributed by atoms with van der Waals surface area (Å²) in [6.45, 7) is 18.1. The van der Waals surface area contributed by atoms with Gasteiger partial charge in [-0.15, -0.1) is 0 Å². The van der Waals surface area contributed by atoms with Gasteiger partial charge in [0.15, 0.2) is 17.2 Å². The molecule has 17 aliphatic heterocycles. The lowest BCUT2D eigenvalue weighted by Gasteiger charge is -2.28. The highest BCUT2D eigenvalue weighted by Gasteiger charge is 2.63. The first-order valence-corrected chi connectivity index (χ1v) is 34.5. The molecular formula is C58H52B4Cl12N4O8S2. The summed E-state index contributed by atoms with van der Waals surface area (Å²) in [6, 6.07) is 34.3. The van der Waals surface area contributed by atoms with Gasteiger partial charge in [0.05, 0.1) is 72.3 Å². The summed E-state index contributed by atoms with van der Waals surface area (Å²) in [7, 11) is -2.48. The van der Waals surface area contributed by atoms with Crippen molar-refractivity contribution in [2.75, 3.05) is 0 Å². The summed E-state index contributed by atoms with van der Waals surface area (Å²) in [4.78, 5) is 0. The van der Waals surface area contributed by atoms with Gasteiger partial charge in [-0.3, -0.25) is 0 Å². The molecule has 0 unspecified atom stereocenters. The first-order chi connectivity index (χ1) is 41.6. The zero-order valence-electron chi connectivity index (χ0n) is 47.9. The highest BCUT2D eigenvalue weighted by molar-refractivity contribution is 7.00. The Hall–Kier alpha value is -1.36. The van der Waals surface area contributed by atoms with E-state index in [1.807, 2.05) is 0 Å². The zero-order valence-corrected chi connectivity index (χ0v) is 58.6. The van der Waals surface area contributed by atoms with Crippen LogP contribution in [0.4, 0.5) is 0 Å². The number of benzene rings is 6. The number of halogens is 12. The molecule has 29 rings (SSSR count). The van der Waals surface area contributed by atoms with Crippen molar-refractivity contribution in [3.63, 3.8) is 0 Å². The number of hydrogen-bond acceptors (Lipinski definition) is 14. The largest absolute Gasteiger partial charge is 0.497 e. The van der Waals surface area contributed by atoms with E-state index in [-0.39, 0.29) is 70.5 Å². The summed E-state index contributed by atoms with van der Waals surface area (Å²) < 4.78 is 72.1. The predicted octanol–water partition coefficient (Wildman–Crippen LogP) is 15.4. The molecule has 460 valence electrons. The Bertz CT molecular complexity index is 3450. The van der Waals surface area contributed by atoms with Gasteiger partial charge in [-0.25, -0.2) is 0 Å². The number of fused-ring (bicyclic) bond motifs is 3. The van der Waals surface area contributed by atoms with Crippen LogP contribution >= 0.6 is 163 Å². The van der Waals surface area contributed by atoms with Crippen LogP contribution in [0.1, 0.15) is 124 Å². The maximum atomic E-state index is 6.98. The average Bonchev–Trinajstić information content (AvgIpc) is 1.55. The lowest BCUT2D eigenvalue weighted by atomic mass is 9.71. The molecule has 0 radical (unpaired) electrons. The van der Waals surface area contributed by atoms with E-state index < -0.39 is 45.7 Å². The molecule has 8 atom stereocenters. The zero-order chi connectivity index (χ0) is 62.8. The minimum Gasteiger partial charge on any atom is -0.400 e. The highest BCUT2D eigenvalue weighted by atomic mass is 35.6. The molecule has 0 amide bonds. The maximum Gasteiger partial charge on any atom is 0.497 e. The molecule has 4 saturated heterocycles. The molecule has 30 heteroatoms. The fourth-order valence-electron chi connectivity index (χ4n) is 14.2. The van der Waals surface area contributed by atoms with E-state index in [0.717, 1.165) is 66.2 Å². The van der Waals surface area contributed by atoms with Crippen LogP contribution in [0.15, 0.2) is 97.1 Å². The van der Waals surface area contributed by atoms with E-state index >= 15 is 0 Å². The quantitative estimate of drug-likeness (QED) is 0.106. The summed E-state index contributed by atoms with van der Waals surface area (Å²) in [5, 5.41) is 2.62. The van der Waals surface area contributed by atoms with E-state index in [1.165, 1.54) is 56.5 Å². The van der Waals surface area contributed by atoms with Crippen LogP contribution < -0.4 is 21.9 Å². The van der Waals surface area contributed by atoms with Gasteiger partial charge in [0, 0.05) is 43.5 Å². The molecule has 12 nitrogen and oxygen atoms in total. The smallest absolute Gasteiger partial charge is 0.400 e. The van der Waals surface area contributed by atoms with Gasteiger partial charge in [0.2, 0.25) is 0 Å². The van der Waals surface area contributed by atoms with E-state index in [4.69, 9.17) is 194 Å². The van der Waals surface area contributed by atoms with Crippen molar-refractivity contribution in [1.29, 1.82) is 0 Å². The van der Waals surface area contributed by atoms with Crippen molar-refractivity contribution in [1.82, 2.24) is 17.5 Å². The monoisotopic (exact) mass is 1460 g/mol. The lowest BCUT2D eigenvalue weighted by Crippen LogP contribution is -2.41. The Morgan fingerprint density at radius 2 is 0.523 bits per heavy atom. The third kappa shape index (κ3) is 11.9. The Balaban J connectivity index is 0.000000244. The van der Waals surface area contributed by atoms with Crippen molar-refractivity contribution in [2.24, 2.45) is 0 Å². The SMILES string of the molecule is CC1(C)c2cc3c4cc2[C@H]2OB(O[C@H]21)c1ccc(c2nsnc12)B1O[C@H]2c5cc6c(cc5C(C)(C)[C@H]2O1)[C@@H]1OB(O[C@@H]1C6(C)C)c1ccc(c2nsnc12)B1O[C@H]3[C@@H](O1)C4(C)C.ClC(Cl)Cl.ClC(Cl)Cl.ClC(Cl)Cl.ClC(Cl)Cl.c1ccc2ccccc2c1. The second-order valence-electron chi connectivity index (χ2n) is 24.5. The number of hydrogen-bond donors (Lipinski definition) is 0. The van der Waals surface area contributed by atoms with Crippen LogP contribution in [0.2, 0.25) is 0 Å². The molecule has 88 heavy (non-hydrogen) atoms. The minimum atomic E-state index is -0.750. The Labute approximate surface area is 579 Å². The second kappa shape index (κ2) is 25.7. The molecule has 2 aromatic heterocycles. The number of alkyl halides is 12. The molecule has 0 saturated carbocycles. The molecule has 4 aliphatic carbocycles. The van der Waals surface area contributed by atoms with Gasteiger partial charge in [0.25, 0.3) is 0 Å². The first kappa shape index (κ1) is 66.7. The van der Waals surface area contributed by atoms with Crippen LogP contribution in [-0.2, 0) is 58.9 Å². The molecule has 8 aromatic rings. The normalized spacial score (nSPS) is 25.6. The molecule has 0 N–H and O–H groups in total. The van der Waals surface area contributed by atoms with Crippen molar-refractivity contribution in [2.45, 2.75) is 143 Å². The fourth-order valence-corrected chi connectivity index (χ4v) is 15.4. The summed E-state index contributed by atoms with van der Waals surface area (Å²) in [5.74, 6) is 0. The Morgan fingerprint density at radius 3 is 0.716 bits per heavy atom. The molecule has 4 fully saturated rings. The average molecular weight is 1470 g/mol. The van der Waals surface area contributed by atoms with E-state index in [0.29, 0.717) is 0 Å². The molecule has 24 bridgehead atoms. The highest BCUT2D eigenvalue weighted by Crippen LogP contribution is 2.60. The molecule has 21 aliphatic rings. The molecule has 19 heterocycles. The fraction of sp³-hybridized carbons (Fsp3) is 0.414. The number of aromatic nitrogens is 4. The van der Waals surface area contributed by atoms with Gasteiger partial charge < -0.3 is 37.2 Å². The van der Waals surface area contributed by atoms with Crippen molar-refractivity contribution in [3.05, 3.63) is 142 Å². The van der Waals surface area contributed by atoms with Crippen LogP contribution in [-0.4, -0.2) is 87.6 Å². The molecule has 6 aromatic carbocycles. The van der Waals surface area contributed by atoms with E-state index in [9.17, 15) is 0 Å². The molecule has 0 spiro atoms. The van der Waals surface area contributed by atoms with E-state index in [2.05, 4.69) is 152 Å². The van der Waals surface area contributed by atoms with Crippen LogP contribution in [0, 0.1) is 0 Å². The minimum absolute atomic E-state index is 0.210. The van der Waals surface area contributed by atoms with Crippen molar-refractivity contribution < 1.29 is 37.2 Å². The third-order valence-electron chi connectivity index (χ3n) is 18.2. The predicted molar refractivity (Wildman–Crippen MR) is 366 cm³/mol. The van der Waals surface area contributed by atoms with Crippen molar-refractivity contribution in [3.8, 4) is 0 Å². The van der Waals surface area contributed by atoms with Gasteiger partial charge in [-0.1, -0.05) is 292 Å². The third-order valence-corrected chi connectivity index (χ3v) is 19.2. The Morgan fingerprint density at radius 1 is 0.330 bits per heavy atom. The van der Waals surface area contributed by atoms with Gasteiger partial charge in [-0.05, 0) is 55.3 Å². The van der Waals surface area contributed by atoms with Gasteiger partial charge in [0.1, 0.15) is 22.1 Å². The van der Waals surface area contributed by atoms with Crippen LogP contribution in [0.3, 0.4) is 0 Å². The lowest BCUT2D eigenvalue weighted by molar-refractivity contribution is 0.113. The topological polar surface area (TPSA) is 125 Å². The second-order valence-corrected chi connectivity index (χ2v) is 33.4. The van der Waals surface area contributed by atoms with Gasteiger partial charge in [-0.2, -0.15) is 17.5 Å². The van der Waals surface area contributed by atoms with Crippen molar-refractivity contribution >= 4 is 246 Å². The van der Waals surface area contributed by atoms with Gasteiger partial charge >= 0.3 is 28.5 Å². The first-order valence-electron chi connectivity index (χ1n) is 27.8. The summed E-state index contributed by atoms with van der Waals surface area (Å²) in [6.07, 6.45) is -1.89.